The molecule has 0 bridgehead atoms. The van der Waals surface area contributed by atoms with E-state index < -0.39 is 17.7 Å². The highest BCUT2D eigenvalue weighted by molar-refractivity contribution is 5.94. The summed E-state index contributed by atoms with van der Waals surface area (Å²) in [5.74, 6) is -1.31. The van der Waals surface area contributed by atoms with Crippen LogP contribution in [0.2, 0.25) is 0 Å². The molecule has 0 aliphatic rings. The van der Waals surface area contributed by atoms with Crippen molar-refractivity contribution in [2.75, 3.05) is 6.54 Å². The van der Waals surface area contributed by atoms with E-state index in [4.69, 9.17) is 4.74 Å². The van der Waals surface area contributed by atoms with E-state index in [1.54, 1.807) is 19.1 Å². The van der Waals surface area contributed by atoms with Crippen LogP contribution in [-0.4, -0.2) is 23.7 Å². The van der Waals surface area contributed by atoms with Crippen LogP contribution in [0, 0.1) is 17.6 Å². The van der Waals surface area contributed by atoms with E-state index in [2.05, 4.69) is 5.32 Å². The van der Waals surface area contributed by atoms with Crippen LogP contribution >= 0.6 is 0 Å². The Bertz CT molecular complexity index is 717. The van der Waals surface area contributed by atoms with Crippen molar-refractivity contribution < 1.29 is 23.4 Å². The predicted octanol–water partition coefficient (Wildman–Crippen LogP) is 3.89. The van der Waals surface area contributed by atoms with Gasteiger partial charge in [-0.2, -0.15) is 0 Å². The van der Waals surface area contributed by atoms with Gasteiger partial charge in [-0.25, -0.2) is 8.78 Å². The number of ether oxygens (including phenoxy) is 1. The molecule has 2 aromatic rings. The maximum atomic E-state index is 13.6. The van der Waals surface area contributed by atoms with Crippen LogP contribution in [0.4, 0.5) is 8.78 Å². The molecule has 6 heteroatoms. The third-order valence-electron chi connectivity index (χ3n) is 3.59. The second kappa shape index (κ2) is 8.58. The van der Waals surface area contributed by atoms with E-state index in [9.17, 15) is 18.7 Å². The molecule has 2 aromatic carbocycles. The molecule has 0 aromatic heterocycles. The van der Waals surface area contributed by atoms with Gasteiger partial charge < -0.3 is 15.2 Å². The zero-order valence-corrected chi connectivity index (χ0v) is 14.1. The quantitative estimate of drug-likeness (QED) is 0.797. The zero-order chi connectivity index (χ0) is 18.4. The number of nitrogens with one attached hydrogen (secondary N) is 1. The van der Waals surface area contributed by atoms with Crippen molar-refractivity contribution in [1.82, 2.24) is 5.32 Å². The van der Waals surface area contributed by atoms with Gasteiger partial charge in [0, 0.05) is 18.2 Å². The molecule has 25 heavy (non-hydrogen) atoms. The summed E-state index contributed by atoms with van der Waals surface area (Å²) in [6.07, 6.45) is 0.200. The summed E-state index contributed by atoms with van der Waals surface area (Å²) in [5, 5.41) is 12.1. The summed E-state index contributed by atoms with van der Waals surface area (Å²) < 4.78 is 31.8. The topological polar surface area (TPSA) is 58.6 Å². The molecular weight excluding hydrogens is 328 g/mol. The lowest BCUT2D eigenvalue weighted by Crippen LogP contribution is -2.29. The van der Waals surface area contributed by atoms with E-state index in [-0.39, 0.29) is 17.6 Å². The lowest BCUT2D eigenvalue weighted by molar-refractivity contribution is 0.0939. The maximum absolute atomic E-state index is 13.6. The summed E-state index contributed by atoms with van der Waals surface area (Å²) >= 11 is 0. The van der Waals surface area contributed by atoms with Crippen LogP contribution in [0.15, 0.2) is 42.5 Å². The number of aliphatic hydroxyl groups is 1. The molecule has 2 atom stereocenters. The van der Waals surface area contributed by atoms with Crippen molar-refractivity contribution in [2.24, 2.45) is 5.92 Å². The fraction of sp³-hybridized carbons (Fsp3) is 0.316. The lowest BCUT2D eigenvalue weighted by atomic mass is 10.0. The van der Waals surface area contributed by atoms with Crippen molar-refractivity contribution in [2.45, 2.75) is 26.4 Å². The van der Waals surface area contributed by atoms with Gasteiger partial charge in [-0.3, -0.25) is 4.79 Å². The number of hydrogen-bond acceptors (Lipinski definition) is 3. The van der Waals surface area contributed by atoms with Crippen molar-refractivity contribution in [3.8, 4) is 11.5 Å². The molecule has 0 spiro atoms. The largest absolute Gasteiger partial charge is 0.454 e. The Hall–Kier alpha value is -2.47. The smallest absolute Gasteiger partial charge is 0.251 e. The minimum Gasteiger partial charge on any atom is -0.454 e. The molecule has 2 N–H and O–H groups in total. The first-order chi connectivity index (χ1) is 11.8. The first-order valence-electron chi connectivity index (χ1n) is 8.04. The Labute approximate surface area is 145 Å². The Balaban J connectivity index is 1.93. The third-order valence-corrected chi connectivity index (χ3v) is 3.59. The minimum absolute atomic E-state index is 0.0921. The second-order valence-corrected chi connectivity index (χ2v) is 6.10. The van der Waals surface area contributed by atoms with Crippen molar-refractivity contribution in [3.63, 3.8) is 0 Å². The molecule has 0 radical (unpaired) electrons. The Morgan fingerprint density at radius 1 is 1.16 bits per heavy atom. The summed E-state index contributed by atoms with van der Waals surface area (Å²) in [6, 6.07) is 9.25. The van der Waals surface area contributed by atoms with Crippen molar-refractivity contribution in [1.29, 1.82) is 0 Å². The lowest BCUT2D eigenvalue weighted by Gasteiger charge is -2.14. The van der Waals surface area contributed by atoms with Gasteiger partial charge in [0.25, 0.3) is 5.91 Å². The van der Waals surface area contributed by atoms with Gasteiger partial charge in [-0.15, -0.1) is 0 Å². The fourth-order valence-corrected chi connectivity index (χ4v) is 2.39. The molecule has 1 amide bonds. The highest BCUT2D eigenvalue weighted by Gasteiger charge is 2.11. The molecule has 0 saturated carbocycles. The van der Waals surface area contributed by atoms with E-state index >= 15 is 0 Å². The molecule has 0 aliphatic carbocycles. The van der Waals surface area contributed by atoms with Gasteiger partial charge in [0.2, 0.25) is 0 Å². The predicted molar refractivity (Wildman–Crippen MR) is 90.7 cm³/mol. The highest BCUT2D eigenvalue weighted by Crippen LogP contribution is 2.25. The van der Waals surface area contributed by atoms with Gasteiger partial charge in [0.1, 0.15) is 11.6 Å². The summed E-state index contributed by atoms with van der Waals surface area (Å²) in [4.78, 5) is 12.1. The van der Waals surface area contributed by atoms with E-state index in [1.807, 2.05) is 6.92 Å². The van der Waals surface area contributed by atoms with Crippen LogP contribution in [-0.2, 0) is 0 Å². The number of carbonyl (C=O) groups excluding carboxylic acids is 1. The summed E-state index contributed by atoms with van der Waals surface area (Å²) in [5.41, 5.74) is 0.441. The zero-order valence-electron chi connectivity index (χ0n) is 14.1. The number of aliphatic hydroxyl groups excluding tert-OH is 1. The van der Waals surface area contributed by atoms with Gasteiger partial charge in [0.15, 0.2) is 11.6 Å². The monoisotopic (exact) mass is 349 g/mol. The minimum atomic E-state index is -0.797. The Morgan fingerprint density at radius 3 is 2.44 bits per heavy atom. The van der Waals surface area contributed by atoms with E-state index in [0.717, 1.165) is 12.1 Å². The van der Waals surface area contributed by atoms with Gasteiger partial charge in [-0.1, -0.05) is 6.92 Å². The maximum Gasteiger partial charge on any atom is 0.251 e. The molecule has 134 valence electrons. The molecule has 0 fully saturated rings. The van der Waals surface area contributed by atoms with Gasteiger partial charge >= 0.3 is 0 Å². The number of carbonyl (C=O) groups is 1. The van der Waals surface area contributed by atoms with Crippen molar-refractivity contribution in [3.05, 3.63) is 59.7 Å². The van der Waals surface area contributed by atoms with Crippen LogP contribution in [0.5, 0.6) is 11.5 Å². The summed E-state index contributed by atoms with van der Waals surface area (Å²) in [6.45, 7) is 4.12. The Morgan fingerprint density at radius 2 is 1.84 bits per heavy atom. The SMILES string of the molecule is CC(O)CC(C)CNC(=O)c1ccc(Oc2ccc(F)cc2F)cc1. The molecular formula is C19H21F2NO3. The number of hydrogen-bond donors (Lipinski definition) is 2. The molecule has 0 aliphatic heterocycles. The average Bonchev–Trinajstić information content (AvgIpc) is 2.55. The first kappa shape index (κ1) is 18.9. The molecule has 0 heterocycles. The standard InChI is InChI=1S/C19H21F2NO3/c1-12(9-13(2)23)11-22-19(24)14-3-6-16(7-4-14)25-18-8-5-15(20)10-17(18)21/h3-8,10,12-13,23H,9,11H2,1-2H3,(H,22,24). The van der Waals surface area contributed by atoms with Crippen LogP contribution in [0.3, 0.4) is 0 Å². The normalized spacial score (nSPS) is 13.2. The van der Waals surface area contributed by atoms with E-state index in [1.165, 1.54) is 18.2 Å². The third kappa shape index (κ3) is 5.83. The van der Waals surface area contributed by atoms with Crippen LogP contribution in [0.1, 0.15) is 30.6 Å². The first-order valence-corrected chi connectivity index (χ1v) is 8.04. The fourth-order valence-electron chi connectivity index (χ4n) is 2.39. The highest BCUT2D eigenvalue weighted by atomic mass is 19.1. The Kier molecular flexibility index (Phi) is 6.47. The molecule has 2 unspecified atom stereocenters. The number of benzene rings is 2. The molecule has 0 saturated heterocycles. The van der Waals surface area contributed by atoms with Crippen molar-refractivity contribution >= 4 is 5.91 Å². The summed E-state index contributed by atoms with van der Waals surface area (Å²) in [7, 11) is 0. The molecule has 2 rings (SSSR count). The van der Waals surface area contributed by atoms with Gasteiger partial charge in [0.05, 0.1) is 6.10 Å². The second-order valence-electron chi connectivity index (χ2n) is 6.10. The average molecular weight is 349 g/mol. The molecule has 4 nitrogen and oxygen atoms in total. The number of halogens is 2. The van der Waals surface area contributed by atoms with E-state index in [0.29, 0.717) is 24.3 Å². The van der Waals surface area contributed by atoms with Crippen LogP contribution < -0.4 is 10.1 Å². The number of rotatable bonds is 7. The van der Waals surface area contributed by atoms with Gasteiger partial charge in [-0.05, 0) is 55.7 Å². The van der Waals surface area contributed by atoms with Crippen LogP contribution in [0.25, 0.3) is 0 Å². The number of amides is 1.